The second-order valence-corrected chi connectivity index (χ2v) is 4.78. The lowest BCUT2D eigenvalue weighted by Gasteiger charge is -2.07. The molecule has 0 saturated heterocycles. The monoisotopic (exact) mass is 377 g/mol. The van der Waals surface area contributed by atoms with E-state index in [0.29, 0.717) is 5.56 Å². The van der Waals surface area contributed by atoms with E-state index >= 15 is 0 Å². The van der Waals surface area contributed by atoms with Crippen LogP contribution in [-0.2, 0) is 0 Å². The molecule has 126 valence electrons. The number of hydrogen-bond acceptors (Lipinski definition) is 5. The van der Waals surface area contributed by atoms with Crippen molar-refractivity contribution in [2.24, 2.45) is 0 Å². The largest absolute Gasteiger partial charge is 0.468 e. The van der Waals surface area contributed by atoms with Crippen LogP contribution in [0.4, 0.5) is 13.2 Å². The molecule has 2 rings (SSSR count). The summed E-state index contributed by atoms with van der Waals surface area (Å²) in [6, 6.07) is 5.80. The molecule has 0 N–H and O–H groups in total. The van der Waals surface area contributed by atoms with Gasteiger partial charge in [0.15, 0.2) is 6.61 Å². The Morgan fingerprint density at radius 3 is 2.42 bits per heavy atom. The Bertz CT molecular complexity index is 731. The van der Waals surface area contributed by atoms with Gasteiger partial charge in [-0.2, -0.15) is 18.4 Å². The zero-order valence-electron chi connectivity index (χ0n) is 11.7. The number of nitriles is 1. The first-order valence-electron chi connectivity index (χ1n) is 6.08. The van der Waals surface area contributed by atoms with Crippen LogP contribution in [0.15, 0.2) is 36.8 Å². The fraction of sp³-hybridized carbons (Fsp3) is 0.143. The van der Waals surface area contributed by atoms with Gasteiger partial charge in [-0.3, -0.25) is 9.78 Å². The first-order chi connectivity index (χ1) is 11.2. The van der Waals surface area contributed by atoms with Crippen molar-refractivity contribution < 1.29 is 22.7 Å². The van der Waals surface area contributed by atoms with Crippen LogP contribution in [0.3, 0.4) is 0 Å². The summed E-state index contributed by atoms with van der Waals surface area (Å²) in [5, 5.41) is 8.09. The van der Waals surface area contributed by atoms with Gasteiger partial charge < -0.3 is 4.74 Å². The van der Waals surface area contributed by atoms with Crippen LogP contribution in [-0.4, -0.2) is 28.0 Å². The summed E-state index contributed by atoms with van der Waals surface area (Å²) in [5.41, 5.74) is 0.558. The highest BCUT2D eigenvalue weighted by Crippen LogP contribution is 2.17. The number of rotatable bonds is 3. The second kappa shape index (κ2) is 9.05. The SMILES string of the molecule is N#Cc1ccc(OCC(F)(F)F)nc1.O=C(Cl)c1ccncc1Cl. The number of pyridine rings is 2. The molecule has 0 aliphatic heterocycles. The molecule has 5 nitrogen and oxygen atoms in total. The van der Waals surface area contributed by atoms with Gasteiger partial charge in [0.1, 0.15) is 6.07 Å². The molecular formula is C14H8Cl2F3N3O2. The Balaban J connectivity index is 0.000000254. The number of aromatic nitrogens is 2. The normalized spacial score (nSPS) is 10.2. The summed E-state index contributed by atoms with van der Waals surface area (Å²) < 4.78 is 39.4. The smallest absolute Gasteiger partial charge is 0.422 e. The third-order valence-corrected chi connectivity index (χ3v) is 2.74. The molecule has 24 heavy (non-hydrogen) atoms. The number of carbonyl (C=O) groups is 1. The molecule has 0 unspecified atom stereocenters. The van der Waals surface area contributed by atoms with E-state index in [4.69, 9.17) is 28.5 Å². The zero-order chi connectivity index (χ0) is 18.2. The van der Waals surface area contributed by atoms with E-state index in [9.17, 15) is 18.0 Å². The summed E-state index contributed by atoms with van der Waals surface area (Å²) in [5.74, 6) is -0.152. The molecule has 0 amide bonds. The number of hydrogen-bond donors (Lipinski definition) is 0. The highest BCUT2D eigenvalue weighted by atomic mass is 35.5. The Labute approximate surface area is 144 Å². The summed E-state index contributed by atoms with van der Waals surface area (Å²) >= 11 is 10.7. The summed E-state index contributed by atoms with van der Waals surface area (Å²) in [4.78, 5) is 17.7. The van der Waals surface area contributed by atoms with E-state index in [0.717, 1.165) is 6.20 Å². The molecule has 10 heteroatoms. The number of ether oxygens (including phenoxy) is 1. The van der Waals surface area contributed by atoms with Gasteiger partial charge in [0.2, 0.25) is 5.88 Å². The van der Waals surface area contributed by atoms with Crippen LogP contribution in [0.5, 0.6) is 5.88 Å². The van der Waals surface area contributed by atoms with E-state index in [-0.39, 0.29) is 16.5 Å². The lowest BCUT2D eigenvalue weighted by Crippen LogP contribution is -2.19. The fourth-order valence-corrected chi connectivity index (χ4v) is 1.64. The highest BCUT2D eigenvalue weighted by molar-refractivity contribution is 6.68. The molecule has 0 spiro atoms. The second-order valence-electron chi connectivity index (χ2n) is 4.03. The number of carbonyl (C=O) groups excluding carboxylic acids is 1. The van der Waals surface area contributed by atoms with Crippen molar-refractivity contribution in [1.29, 1.82) is 5.26 Å². The lowest BCUT2D eigenvalue weighted by atomic mass is 10.3. The summed E-state index contributed by atoms with van der Waals surface area (Å²) in [6.45, 7) is -1.38. The van der Waals surface area contributed by atoms with Gasteiger partial charge in [0.25, 0.3) is 5.24 Å². The third kappa shape index (κ3) is 7.26. The predicted molar refractivity (Wildman–Crippen MR) is 79.9 cm³/mol. The average molecular weight is 378 g/mol. The molecule has 0 aromatic carbocycles. The quantitative estimate of drug-likeness (QED) is 0.755. The van der Waals surface area contributed by atoms with Crippen LogP contribution < -0.4 is 4.74 Å². The van der Waals surface area contributed by atoms with Crippen molar-refractivity contribution >= 4 is 28.4 Å². The van der Waals surface area contributed by atoms with Crippen molar-refractivity contribution in [3.63, 3.8) is 0 Å². The van der Waals surface area contributed by atoms with Crippen molar-refractivity contribution in [3.05, 3.63) is 52.9 Å². The van der Waals surface area contributed by atoms with Crippen LogP contribution in [0, 0.1) is 11.3 Å². The predicted octanol–water partition coefficient (Wildman–Crippen LogP) is 4.01. The molecule has 0 aliphatic rings. The van der Waals surface area contributed by atoms with Gasteiger partial charge in [0.05, 0.1) is 16.1 Å². The summed E-state index contributed by atoms with van der Waals surface area (Å²) in [6.07, 6.45) is -0.403. The topological polar surface area (TPSA) is 75.9 Å². The maximum atomic E-state index is 11.7. The Hall–Kier alpha value is -2.37. The van der Waals surface area contributed by atoms with E-state index in [2.05, 4.69) is 14.7 Å². The maximum absolute atomic E-state index is 11.7. The van der Waals surface area contributed by atoms with Crippen molar-refractivity contribution in [3.8, 4) is 11.9 Å². The molecule has 2 heterocycles. The first kappa shape index (κ1) is 19.7. The van der Waals surface area contributed by atoms with E-state index in [1.54, 1.807) is 6.07 Å². The molecule has 2 aromatic heterocycles. The molecule has 0 saturated carbocycles. The molecule has 0 radical (unpaired) electrons. The Morgan fingerprint density at radius 2 is 2.00 bits per heavy atom. The van der Waals surface area contributed by atoms with Gasteiger partial charge in [0, 0.05) is 24.7 Å². The minimum Gasteiger partial charge on any atom is -0.468 e. The van der Waals surface area contributed by atoms with E-state index in [1.165, 1.54) is 30.6 Å². The molecule has 0 fully saturated rings. The Morgan fingerprint density at radius 1 is 1.29 bits per heavy atom. The van der Waals surface area contributed by atoms with Gasteiger partial charge in [-0.15, -0.1) is 0 Å². The number of nitrogens with zero attached hydrogens (tertiary/aromatic N) is 3. The molecule has 0 atom stereocenters. The van der Waals surface area contributed by atoms with Gasteiger partial charge in [-0.05, 0) is 23.7 Å². The van der Waals surface area contributed by atoms with Crippen LogP contribution >= 0.6 is 23.2 Å². The maximum Gasteiger partial charge on any atom is 0.422 e. The molecule has 2 aromatic rings. The highest BCUT2D eigenvalue weighted by Gasteiger charge is 2.28. The lowest BCUT2D eigenvalue weighted by molar-refractivity contribution is -0.154. The minimum atomic E-state index is -4.38. The van der Waals surface area contributed by atoms with Crippen LogP contribution in [0.1, 0.15) is 15.9 Å². The van der Waals surface area contributed by atoms with Gasteiger partial charge in [-0.1, -0.05) is 11.6 Å². The van der Waals surface area contributed by atoms with Gasteiger partial charge >= 0.3 is 6.18 Å². The zero-order valence-corrected chi connectivity index (χ0v) is 13.2. The molecule has 0 bridgehead atoms. The molecule has 0 aliphatic carbocycles. The van der Waals surface area contributed by atoms with Gasteiger partial charge in [-0.25, -0.2) is 4.98 Å². The summed E-state index contributed by atoms with van der Waals surface area (Å²) in [7, 11) is 0. The van der Waals surface area contributed by atoms with Crippen LogP contribution in [0.25, 0.3) is 0 Å². The van der Waals surface area contributed by atoms with Crippen LogP contribution in [0.2, 0.25) is 5.02 Å². The van der Waals surface area contributed by atoms with Crippen molar-refractivity contribution in [2.75, 3.05) is 6.61 Å². The standard InChI is InChI=1S/C8H5F3N2O.C6H3Cl2NO/c9-8(10,11)5-14-7-2-1-6(3-12)4-13-7;7-5-3-9-2-1-4(5)6(8)10/h1-2,4H,5H2;1-3H. The number of halogens is 5. The number of alkyl halides is 3. The van der Waals surface area contributed by atoms with Crippen molar-refractivity contribution in [2.45, 2.75) is 6.18 Å². The van der Waals surface area contributed by atoms with E-state index in [1.807, 2.05) is 0 Å². The van der Waals surface area contributed by atoms with Crippen molar-refractivity contribution in [1.82, 2.24) is 9.97 Å². The van der Waals surface area contributed by atoms with E-state index < -0.39 is 18.0 Å². The fourth-order valence-electron chi connectivity index (χ4n) is 1.22. The molecular weight excluding hydrogens is 370 g/mol. The minimum absolute atomic E-state index is 0.152. The third-order valence-electron chi connectivity index (χ3n) is 2.23. The first-order valence-corrected chi connectivity index (χ1v) is 6.83. The average Bonchev–Trinajstić information content (AvgIpc) is 2.53. The Kier molecular flexibility index (Phi) is 7.42.